The Labute approximate surface area is 158 Å². The number of carbonyl (C=O) groups is 1. The molecule has 0 radical (unpaired) electrons. The molecule has 2 aromatic heterocycles. The van der Waals surface area contributed by atoms with E-state index in [9.17, 15) is 4.79 Å². The number of likely N-dealkylation sites (tertiary alicyclic amines) is 1. The molecule has 3 rings (SSSR count). The lowest BCUT2D eigenvalue weighted by Crippen LogP contribution is -2.38. The van der Waals surface area contributed by atoms with Crippen LogP contribution in [-0.4, -0.2) is 45.4 Å². The SMILES string of the molecule is C[C@@H]1C[C@H](C)CN(Cc2csc(NC(=O)CCNc3ncccn3)n2)C1. The number of aromatic nitrogens is 3. The van der Waals surface area contributed by atoms with Crippen molar-refractivity contribution in [1.29, 1.82) is 0 Å². The molecule has 0 bridgehead atoms. The first-order valence-corrected chi connectivity index (χ1v) is 9.94. The molecule has 8 heteroatoms. The van der Waals surface area contributed by atoms with Crippen LogP contribution in [0, 0.1) is 11.8 Å². The molecule has 0 unspecified atom stereocenters. The minimum absolute atomic E-state index is 0.0606. The zero-order chi connectivity index (χ0) is 18.4. The third-order valence-corrected chi connectivity index (χ3v) is 5.14. The van der Waals surface area contributed by atoms with E-state index in [0.29, 0.717) is 24.0 Å². The second-order valence-electron chi connectivity index (χ2n) is 7.08. The normalized spacial score (nSPS) is 20.7. The Kier molecular flexibility index (Phi) is 6.51. The average molecular weight is 375 g/mol. The number of thiazole rings is 1. The van der Waals surface area contributed by atoms with Gasteiger partial charge >= 0.3 is 0 Å². The third-order valence-electron chi connectivity index (χ3n) is 4.33. The summed E-state index contributed by atoms with van der Waals surface area (Å²) in [7, 11) is 0. The van der Waals surface area contributed by atoms with Gasteiger partial charge < -0.3 is 10.6 Å². The van der Waals surface area contributed by atoms with Crippen LogP contribution in [0.4, 0.5) is 11.1 Å². The fourth-order valence-corrected chi connectivity index (χ4v) is 4.16. The fourth-order valence-electron chi connectivity index (χ4n) is 3.45. The van der Waals surface area contributed by atoms with Gasteiger partial charge in [-0.1, -0.05) is 13.8 Å². The number of piperidine rings is 1. The minimum atomic E-state index is -0.0606. The lowest BCUT2D eigenvalue weighted by molar-refractivity contribution is -0.115. The Morgan fingerprint density at radius 2 is 2.00 bits per heavy atom. The number of amides is 1. The van der Waals surface area contributed by atoms with Crippen molar-refractivity contribution < 1.29 is 4.79 Å². The lowest BCUT2D eigenvalue weighted by atomic mass is 9.92. The summed E-state index contributed by atoms with van der Waals surface area (Å²) in [5, 5.41) is 8.60. The second kappa shape index (κ2) is 9.05. The molecule has 1 fully saturated rings. The highest BCUT2D eigenvalue weighted by Crippen LogP contribution is 2.24. The van der Waals surface area contributed by atoms with E-state index in [1.165, 1.54) is 17.8 Å². The van der Waals surface area contributed by atoms with E-state index in [0.717, 1.165) is 37.2 Å². The van der Waals surface area contributed by atoms with Crippen LogP contribution in [0.5, 0.6) is 0 Å². The van der Waals surface area contributed by atoms with Gasteiger partial charge in [-0.2, -0.15) is 0 Å². The van der Waals surface area contributed by atoms with Crippen molar-refractivity contribution in [3.63, 3.8) is 0 Å². The molecule has 2 atom stereocenters. The van der Waals surface area contributed by atoms with Gasteiger partial charge in [0, 0.05) is 50.4 Å². The number of carbonyl (C=O) groups excluding carboxylic acids is 1. The maximum Gasteiger partial charge on any atom is 0.227 e. The van der Waals surface area contributed by atoms with Gasteiger partial charge in [0.25, 0.3) is 0 Å². The molecule has 1 saturated heterocycles. The predicted octanol–water partition coefficient (Wildman–Crippen LogP) is 2.85. The van der Waals surface area contributed by atoms with Crippen LogP contribution in [0.25, 0.3) is 0 Å². The Hall–Kier alpha value is -2.06. The first-order valence-electron chi connectivity index (χ1n) is 9.06. The van der Waals surface area contributed by atoms with E-state index in [1.807, 2.05) is 5.38 Å². The molecule has 140 valence electrons. The van der Waals surface area contributed by atoms with E-state index >= 15 is 0 Å². The highest BCUT2D eigenvalue weighted by atomic mass is 32.1. The van der Waals surface area contributed by atoms with Crippen LogP contribution in [0.3, 0.4) is 0 Å². The molecule has 7 nitrogen and oxygen atoms in total. The Bertz CT molecular complexity index is 697. The van der Waals surface area contributed by atoms with Gasteiger partial charge in [0.1, 0.15) is 0 Å². The highest BCUT2D eigenvalue weighted by molar-refractivity contribution is 7.13. The molecular weight excluding hydrogens is 348 g/mol. The van der Waals surface area contributed by atoms with Gasteiger partial charge in [-0.05, 0) is 24.3 Å². The minimum Gasteiger partial charge on any atom is -0.354 e. The number of hydrogen-bond donors (Lipinski definition) is 2. The summed E-state index contributed by atoms with van der Waals surface area (Å²) in [6.45, 7) is 8.20. The Morgan fingerprint density at radius 3 is 2.73 bits per heavy atom. The molecule has 1 amide bonds. The van der Waals surface area contributed by atoms with Crippen molar-refractivity contribution in [1.82, 2.24) is 19.9 Å². The summed E-state index contributed by atoms with van der Waals surface area (Å²) < 4.78 is 0. The van der Waals surface area contributed by atoms with E-state index < -0.39 is 0 Å². The van der Waals surface area contributed by atoms with Gasteiger partial charge in [0.15, 0.2) is 5.13 Å². The summed E-state index contributed by atoms with van der Waals surface area (Å²) in [6, 6.07) is 1.75. The van der Waals surface area contributed by atoms with Crippen LogP contribution in [0.2, 0.25) is 0 Å². The summed E-state index contributed by atoms with van der Waals surface area (Å²) in [6.07, 6.45) is 4.97. The maximum atomic E-state index is 12.1. The second-order valence-corrected chi connectivity index (χ2v) is 7.94. The van der Waals surface area contributed by atoms with E-state index in [4.69, 9.17) is 0 Å². The summed E-state index contributed by atoms with van der Waals surface area (Å²) in [5.74, 6) is 1.94. The largest absolute Gasteiger partial charge is 0.354 e. The molecule has 0 saturated carbocycles. The molecule has 1 aliphatic rings. The molecule has 2 aromatic rings. The van der Waals surface area contributed by atoms with Gasteiger partial charge in [-0.3, -0.25) is 9.69 Å². The zero-order valence-electron chi connectivity index (χ0n) is 15.3. The number of anilines is 2. The molecule has 26 heavy (non-hydrogen) atoms. The van der Waals surface area contributed by atoms with E-state index in [-0.39, 0.29) is 5.91 Å². The van der Waals surface area contributed by atoms with Crippen molar-refractivity contribution in [2.24, 2.45) is 11.8 Å². The molecule has 2 N–H and O–H groups in total. The predicted molar refractivity (Wildman–Crippen MR) is 104 cm³/mol. The molecule has 1 aliphatic heterocycles. The average Bonchev–Trinajstić information content (AvgIpc) is 3.01. The molecular formula is C18H26N6OS. The van der Waals surface area contributed by atoms with Crippen molar-refractivity contribution in [2.45, 2.75) is 33.2 Å². The molecule has 0 aromatic carbocycles. The van der Waals surface area contributed by atoms with Crippen LogP contribution >= 0.6 is 11.3 Å². The number of hydrogen-bond acceptors (Lipinski definition) is 7. The number of nitrogens with zero attached hydrogens (tertiary/aromatic N) is 4. The van der Waals surface area contributed by atoms with Crippen molar-refractivity contribution in [3.8, 4) is 0 Å². The van der Waals surface area contributed by atoms with Crippen LogP contribution in [-0.2, 0) is 11.3 Å². The third kappa shape index (κ3) is 5.74. The first-order chi connectivity index (χ1) is 12.6. The zero-order valence-corrected chi connectivity index (χ0v) is 16.1. The van der Waals surface area contributed by atoms with Gasteiger partial charge in [0.05, 0.1) is 5.69 Å². The maximum absolute atomic E-state index is 12.1. The quantitative estimate of drug-likeness (QED) is 0.775. The number of rotatable bonds is 7. The number of nitrogens with one attached hydrogen (secondary N) is 2. The molecule has 0 spiro atoms. The standard InChI is InChI=1S/C18H26N6OS/c1-13-8-14(2)10-24(9-13)11-15-12-26-18(22-15)23-16(25)4-7-21-17-19-5-3-6-20-17/h3,5-6,12-14H,4,7-11H2,1-2H3,(H,19,20,21)(H,22,23,25)/t13-,14+. The van der Waals surface area contributed by atoms with Gasteiger partial charge in [-0.25, -0.2) is 15.0 Å². The van der Waals surface area contributed by atoms with Crippen LogP contribution < -0.4 is 10.6 Å². The van der Waals surface area contributed by atoms with E-state index in [1.54, 1.807) is 18.5 Å². The van der Waals surface area contributed by atoms with Gasteiger partial charge in [-0.15, -0.1) is 11.3 Å². The van der Waals surface area contributed by atoms with E-state index in [2.05, 4.69) is 44.3 Å². The topological polar surface area (TPSA) is 83.0 Å². The van der Waals surface area contributed by atoms with Crippen molar-refractivity contribution >= 4 is 28.3 Å². The summed E-state index contributed by atoms with van der Waals surface area (Å²) in [5.41, 5.74) is 1.03. The Balaban J connectivity index is 1.42. The molecule has 3 heterocycles. The van der Waals surface area contributed by atoms with Gasteiger partial charge in [0.2, 0.25) is 11.9 Å². The van der Waals surface area contributed by atoms with Crippen LogP contribution in [0.15, 0.2) is 23.8 Å². The smallest absolute Gasteiger partial charge is 0.227 e. The monoisotopic (exact) mass is 374 g/mol. The summed E-state index contributed by atoms with van der Waals surface area (Å²) in [4.78, 5) is 27.2. The molecule has 0 aliphatic carbocycles. The van der Waals surface area contributed by atoms with Crippen molar-refractivity contribution in [2.75, 3.05) is 30.3 Å². The first kappa shape index (κ1) is 18.7. The summed E-state index contributed by atoms with van der Waals surface area (Å²) >= 11 is 1.48. The van der Waals surface area contributed by atoms with Crippen LogP contribution in [0.1, 0.15) is 32.4 Å². The van der Waals surface area contributed by atoms with Crippen molar-refractivity contribution in [3.05, 3.63) is 29.5 Å². The Morgan fingerprint density at radius 1 is 1.27 bits per heavy atom. The fraction of sp³-hybridized carbons (Fsp3) is 0.556. The highest BCUT2D eigenvalue weighted by Gasteiger charge is 2.22. The lowest BCUT2D eigenvalue weighted by Gasteiger charge is -2.34.